The number of rotatable bonds is 3. The summed E-state index contributed by atoms with van der Waals surface area (Å²) in [5.41, 5.74) is 0.914. The van der Waals surface area contributed by atoms with Crippen LogP contribution in [0.5, 0.6) is 5.75 Å². The van der Waals surface area contributed by atoms with Gasteiger partial charge in [0, 0.05) is 36.8 Å². The first kappa shape index (κ1) is 21.2. The van der Waals surface area contributed by atoms with Crippen LogP contribution in [-0.4, -0.2) is 53.0 Å². The molecule has 1 heterocycles. The van der Waals surface area contributed by atoms with Gasteiger partial charge in [0.1, 0.15) is 11.6 Å². The summed E-state index contributed by atoms with van der Waals surface area (Å²) in [4.78, 5) is 28.3. The summed E-state index contributed by atoms with van der Waals surface area (Å²) in [6.07, 6.45) is 0. The summed E-state index contributed by atoms with van der Waals surface area (Å²) in [6.45, 7) is 3.21. The van der Waals surface area contributed by atoms with E-state index in [4.69, 9.17) is 23.2 Å². The van der Waals surface area contributed by atoms with Crippen LogP contribution in [0.1, 0.15) is 28.9 Å². The molecule has 9 heteroatoms. The van der Waals surface area contributed by atoms with E-state index in [0.717, 1.165) is 0 Å². The number of piperazine rings is 1. The zero-order chi connectivity index (χ0) is 21.1. The maximum Gasteiger partial charge on any atom is 0.317 e. The number of phenols is 1. The number of hydrogen-bond acceptors (Lipinski definition) is 3. The lowest BCUT2D eigenvalue weighted by molar-refractivity contribution is 0.0663. The fourth-order valence-corrected chi connectivity index (χ4v) is 3.67. The van der Waals surface area contributed by atoms with Gasteiger partial charge < -0.3 is 20.2 Å². The number of aromatic hydroxyl groups is 1. The monoisotopic (exact) mass is 439 g/mol. The lowest BCUT2D eigenvalue weighted by Crippen LogP contribution is -2.53. The Labute approximate surface area is 177 Å². The van der Waals surface area contributed by atoms with Crippen LogP contribution in [0, 0.1) is 5.82 Å². The molecule has 0 aromatic heterocycles. The summed E-state index contributed by atoms with van der Waals surface area (Å²) in [5, 5.41) is 12.3. The van der Waals surface area contributed by atoms with E-state index < -0.39 is 11.9 Å². The first-order valence-electron chi connectivity index (χ1n) is 9.04. The van der Waals surface area contributed by atoms with Gasteiger partial charge in [0.15, 0.2) is 0 Å². The zero-order valence-electron chi connectivity index (χ0n) is 15.7. The summed E-state index contributed by atoms with van der Waals surface area (Å²) >= 11 is 11.8. The molecule has 1 unspecified atom stereocenters. The standard InChI is InChI=1S/C20H20Cl2FN3O3/c1-12(15-10-18(23)17(22)11-16(15)21)24-20(29)26-8-6-25(7-9-26)19(28)13-2-4-14(27)5-3-13/h2-5,10-12,27H,6-9H2,1H3,(H,24,29). The third kappa shape index (κ3) is 4.92. The number of carbonyl (C=O) groups is 2. The van der Waals surface area contributed by atoms with Crippen LogP contribution in [0.15, 0.2) is 36.4 Å². The summed E-state index contributed by atoms with van der Waals surface area (Å²) in [6, 6.07) is 7.74. The number of halogens is 3. The highest BCUT2D eigenvalue weighted by Crippen LogP contribution is 2.28. The van der Waals surface area contributed by atoms with E-state index in [-0.39, 0.29) is 27.7 Å². The van der Waals surface area contributed by atoms with Crippen molar-refractivity contribution in [1.82, 2.24) is 15.1 Å². The predicted octanol–water partition coefficient (Wildman–Crippen LogP) is 4.07. The van der Waals surface area contributed by atoms with E-state index in [1.807, 2.05) is 0 Å². The van der Waals surface area contributed by atoms with Crippen LogP contribution in [0.2, 0.25) is 10.0 Å². The van der Waals surface area contributed by atoms with Gasteiger partial charge in [-0.15, -0.1) is 0 Å². The zero-order valence-corrected chi connectivity index (χ0v) is 17.2. The molecule has 1 fully saturated rings. The number of nitrogens with zero attached hydrogens (tertiary/aromatic N) is 2. The number of phenolic OH excluding ortho intramolecular Hbond substituents is 1. The molecule has 0 aliphatic carbocycles. The molecule has 154 valence electrons. The van der Waals surface area contributed by atoms with Gasteiger partial charge in [0.25, 0.3) is 5.91 Å². The second kappa shape index (κ2) is 8.88. The molecular formula is C20H20Cl2FN3O3. The molecule has 6 nitrogen and oxygen atoms in total. The molecule has 0 radical (unpaired) electrons. The highest BCUT2D eigenvalue weighted by atomic mass is 35.5. The molecular weight excluding hydrogens is 420 g/mol. The maximum absolute atomic E-state index is 13.7. The Bertz CT molecular complexity index is 916. The fraction of sp³-hybridized carbons (Fsp3) is 0.300. The molecule has 1 atom stereocenters. The molecule has 1 saturated heterocycles. The van der Waals surface area contributed by atoms with E-state index in [1.165, 1.54) is 24.3 Å². The van der Waals surface area contributed by atoms with Gasteiger partial charge in [-0.25, -0.2) is 9.18 Å². The van der Waals surface area contributed by atoms with Gasteiger partial charge >= 0.3 is 6.03 Å². The summed E-state index contributed by atoms with van der Waals surface area (Å²) in [5.74, 6) is -0.659. The highest BCUT2D eigenvalue weighted by molar-refractivity contribution is 6.35. The van der Waals surface area contributed by atoms with Crippen LogP contribution < -0.4 is 5.32 Å². The van der Waals surface area contributed by atoms with Gasteiger partial charge in [0.05, 0.1) is 11.1 Å². The molecule has 0 spiro atoms. The van der Waals surface area contributed by atoms with Gasteiger partial charge in [-0.1, -0.05) is 23.2 Å². The van der Waals surface area contributed by atoms with Crippen molar-refractivity contribution in [3.05, 3.63) is 63.4 Å². The van der Waals surface area contributed by atoms with Crippen molar-refractivity contribution in [2.75, 3.05) is 26.2 Å². The van der Waals surface area contributed by atoms with Crippen molar-refractivity contribution in [3.8, 4) is 5.75 Å². The Hall–Kier alpha value is -2.51. The number of hydrogen-bond donors (Lipinski definition) is 2. The molecule has 29 heavy (non-hydrogen) atoms. The molecule has 0 saturated carbocycles. The van der Waals surface area contributed by atoms with E-state index in [1.54, 1.807) is 28.9 Å². The van der Waals surface area contributed by atoms with Gasteiger partial charge in [-0.3, -0.25) is 4.79 Å². The lowest BCUT2D eigenvalue weighted by atomic mass is 10.1. The average Bonchev–Trinajstić information content (AvgIpc) is 2.70. The van der Waals surface area contributed by atoms with Crippen LogP contribution in [-0.2, 0) is 0 Å². The predicted molar refractivity (Wildman–Crippen MR) is 109 cm³/mol. The fourth-order valence-electron chi connectivity index (χ4n) is 3.12. The Morgan fingerprint density at radius 2 is 1.62 bits per heavy atom. The quantitative estimate of drug-likeness (QED) is 0.707. The maximum atomic E-state index is 13.7. The average molecular weight is 440 g/mol. The molecule has 2 N–H and O–H groups in total. The van der Waals surface area contributed by atoms with Crippen molar-refractivity contribution in [3.63, 3.8) is 0 Å². The summed E-state index contributed by atoms with van der Waals surface area (Å²) < 4.78 is 13.7. The number of carbonyl (C=O) groups excluding carboxylic acids is 2. The number of nitrogens with one attached hydrogen (secondary N) is 1. The number of benzene rings is 2. The number of urea groups is 1. The summed E-state index contributed by atoms with van der Waals surface area (Å²) in [7, 11) is 0. The second-order valence-electron chi connectivity index (χ2n) is 6.79. The van der Waals surface area contributed by atoms with Gasteiger partial charge in [0.2, 0.25) is 0 Å². The third-order valence-corrected chi connectivity index (χ3v) is 5.43. The van der Waals surface area contributed by atoms with Crippen molar-refractivity contribution >= 4 is 35.1 Å². The van der Waals surface area contributed by atoms with Gasteiger partial charge in [-0.05, 0) is 48.9 Å². The van der Waals surface area contributed by atoms with Crippen molar-refractivity contribution in [2.45, 2.75) is 13.0 Å². The van der Waals surface area contributed by atoms with E-state index in [2.05, 4.69) is 5.32 Å². The molecule has 2 aromatic rings. The van der Waals surface area contributed by atoms with E-state index in [0.29, 0.717) is 37.3 Å². The normalized spacial score (nSPS) is 15.2. The number of amides is 3. The molecule has 1 aliphatic heterocycles. The topological polar surface area (TPSA) is 72.9 Å². The third-order valence-electron chi connectivity index (χ3n) is 4.81. The first-order chi connectivity index (χ1) is 13.8. The Balaban J connectivity index is 1.56. The lowest BCUT2D eigenvalue weighted by Gasteiger charge is -2.35. The second-order valence-corrected chi connectivity index (χ2v) is 7.60. The van der Waals surface area contributed by atoms with Crippen LogP contribution in [0.25, 0.3) is 0 Å². The highest BCUT2D eigenvalue weighted by Gasteiger charge is 2.26. The van der Waals surface area contributed by atoms with Crippen molar-refractivity contribution in [2.24, 2.45) is 0 Å². The molecule has 1 aliphatic rings. The largest absolute Gasteiger partial charge is 0.508 e. The smallest absolute Gasteiger partial charge is 0.317 e. The van der Waals surface area contributed by atoms with Crippen LogP contribution in [0.3, 0.4) is 0 Å². The van der Waals surface area contributed by atoms with Crippen molar-refractivity contribution < 1.29 is 19.1 Å². The molecule has 2 aromatic carbocycles. The van der Waals surface area contributed by atoms with Gasteiger partial charge in [-0.2, -0.15) is 0 Å². The SMILES string of the molecule is CC(NC(=O)N1CCN(C(=O)c2ccc(O)cc2)CC1)c1cc(F)c(Cl)cc1Cl. The molecule has 0 bridgehead atoms. The van der Waals surface area contributed by atoms with Crippen LogP contribution in [0.4, 0.5) is 9.18 Å². The van der Waals surface area contributed by atoms with Crippen LogP contribution >= 0.6 is 23.2 Å². The first-order valence-corrected chi connectivity index (χ1v) is 9.80. The minimum atomic E-state index is -0.603. The minimum absolute atomic E-state index is 0.0771. The minimum Gasteiger partial charge on any atom is -0.508 e. The van der Waals surface area contributed by atoms with Crippen molar-refractivity contribution in [1.29, 1.82) is 0 Å². The Morgan fingerprint density at radius 3 is 2.24 bits per heavy atom. The molecule has 3 rings (SSSR count). The Morgan fingerprint density at radius 1 is 1.03 bits per heavy atom. The molecule has 3 amide bonds. The van der Waals surface area contributed by atoms with E-state index >= 15 is 0 Å². The Kier molecular flexibility index (Phi) is 6.49. The van der Waals surface area contributed by atoms with E-state index in [9.17, 15) is 19.1 Å².